The van der Waals surface area contributed by atoms with Crippen LogP contribution in [-0.2, 0) is 6.54 Å². The highest BCUT2D eigenvalue weighted by Gasteiger charge is 2.25. The summed E-state index contributed by atoms with van der Waals surface area (Å²) < 4.78 is 7.49. The van der Waals surface area contributed by atoms with Crippen LogP contribution in [0.5, 0.6) is 5.75 Å². The fourth-order valence-electron chi connectivity index (χ4n) is 3.82. The van der Waals surface area contributed by atoms with E-state index in [1.54, 1.807) is 13.4 Å². The topological polar surface area (TPSA) is 79.6 Å². The Labute approximate surface area is 183 Å². The van der Waals surface area contributed by atoms with Crippen LogP contribution < -0.4 is 20.3 Å². The molecule has 0 radical (unpaired) electrons. The SMILES string of the molecule is CCNC(=NCc1nncn1-c1ccccc1)NC1CCN(c2ccccc2OC)C1. The number of aromatic nitrogens is 3. The van der Waals surface area contributed by atoms with Crippen LogP contribution >= 0.6 is 0 Å². The Bertz CT molecular complexity index is 1000. The van der Waals surface area contributed by atoms with Gasteiger partial charge in [-0.25, -0.2) is 4.99 Å². The molecule has 0 amide bonds. The summed E-state index contributed by atoms with van der Waals surface area (Å²) in [5.41, 5.74) is 2.16. The number of hydrogen-bond acceptors (Lipinski definition) is 5. The second-order valence-corrected chi connectivity index (χ2v) is 7.40. The molecule has 2 heterocycles. The highest BCUT2D eigenvalue weighted by Crippen LogP contribution is 2.30. The fourth-order valence-corrected chi connectivity index (χ4v) is 3.82. The van der Waals surface area contributed by atoms with Crippen molar-refractivity contribution in [3.8, 4) is 11.4 Å². The van der Waals surface area contributed by atoms with E-state index in [2.05, 4.69) is 38.7 Å². The number of hydrogen-bond donors (Lipinski definition) is 2. The first-order chi connectivity index (χ1) is 15.3. The van der Waals surface area contributed by atoms with Gasteiger partial charge in [0.15, 0.2) is 11.8 Å². The van der Waals surface area contributed by atoms with Crippen LogP contribution in [0.3, 0.4) is 0 Å². The summed E-state index contributed by atoms with van der Waals surface area (Å²) in [7, 11) is 1.72. The number of aliphatic imine (C=N–C) groups is 1. The van der Waals surface area contributed by atoms with E-state index < -0.39 is 0 Å². The van der Waals surface area contributed by atoms with E-state index in [1.165, 1.54) is 0 Å². The number of methoxy groups -OCH3 is 1. The van der Waals surface area contributed by atoms with Crippen molar-refractivity contribution in [3.05, 3.63) is 66.7 Å². The van der Waals surface area contributed by atoms with Crippen molar-refractivity contribution in [2.75, 3.05) is 31.6 Å². The summed E-state index contributed by atoms with van der Waals surface area (Å²) in [5.74, 6) is 2.49. The van der Waals surface area contributed by atoms with Crippen molar-refractivity contribution in [1.82, 2.24) is 25.4 Å². The van der Waals surface area contributed by atoms with Crippen molar-refractivity contribution >= 4 is 11.6 Å². The molecular formula is C23H29N7O. The lowest BCUT2D eigenvalue weighted by Crippen LogP contribution is -2.44. The zero-order valence-corrected chi connectivity index (χ0v) is 18.0. The zero-order chi connectivity index (χ0) is 21.5. The van der Waals surface area contributed by atoms with Crippen molar-refractivity contribution in [3.63, 3.8) is 0 Å². The van der Waals surface area contributed by atoms with Crippen LogP contribution in [0.4, 0.5) is 5.69 Å². The summed E-state index contributed by atoms with van der Waals surface area (Å²) in [4.78, 5) is 7.12. The third-order valence-electron chi connectivity index (χ3n) is 5.33. The minimum atomic E-state index is 0.301. The Kier molecular flexibility index (Phi) is 6.66. The molecule has 31 heavy (non-hydrogen) atoms. The number of rotatable bonds is 7. The third-order valence-corrected chi connectivity index (χ3v) is 5.33. The predicted octanol–water partition coefficient (Wildman–Crippen LogP) is 2.61. The molecule has 1 aliphatic heterocycles. The Morgan fingerprint density at radius 1 is 1.16 bits per heavy atom. The second-order valence-electron chi connectivity index (χ2n) is 7.40. The standard InChI is InChI=1S/C23H29N7O/c1-3-24-23(25-15-22-28-26-17-30(22)19-9-5-4-6-10-19)27-18-13-14-29(16-18)20-11-7-8-12-21(20)31-2/h4-12,17-18H,3,13-16H2,1-2H3,(H2,24,25,27). The predicted molar refractivity (Wildman–Crippen MR) is 123 cm³/mol. The van der Waals surface area contributed by atoms with Gasteiger partial charge in [-0.05, 0) is 37.6 Å². The lowest BCUT2D eigenvalue weighted by molar-refractivity contribution is 0.415. The van der Waals surface area contributed by atoms with Crippen LogP contribution in [0.15, 0.2) is 65.9 Å². The molecule has 0 saturated carbocycles. The first kappa shape index (κ1) is 20.7. The first-order valence-electron chi connectivity index (χ1n) is 10.7. The minimum Gasteiger partial charge on any atom is -0.495 e. The largest absolute Gasteiger partial charge is 0.495 e. The fraction of sp³-hybridized carbons (Fsp3) is 0.348. The van der Waals surface area contributed by atoms with E-state index in [9.17, 15) is 0 Å². The molecule has 1 aliphatic rings. The quantitative estimate of drug-likeness (QED) is 0.453. The van der Waals surface area contributed by atoms with Gasteiger partial charge >= 0.3 is 0 Å². The highest BCUT2D eigenvalue weighted by atomic mass is 16.5. The van der Waals surface area contributed by atoms with Gasteiger partial charge in [-0.3, -0.25) is 4.57 Å². The maximum atomic E-state index is 5.53. The van der Waals surface area contributed by atoms with Crippen LogP contribution in [0, 0.1) is 0 Å². The number of nitrogens with zero attached hydrogens (tertiary/aromatic N) is 5. The van der Waals surface area contributed by atoms with Crippen molar-refractivity contribution in [2.45, 2.75) is 25.9 Å². The van der Waals surface area contributed by atoms with Gasteiger partial charge in [0.25, 0.3) is 0 Å². The molecule has 4 rings (SSSR count). The second kappa shape index (κ2) is 9.97. The van der Waals surface area contributed by atoms with Gasteiger partial charge in [0, 0.05) is 31.4 Å². The molecule has 3 aromatic rings. The van der Waals surface area contributed by atoms with E-state index in [1.807, 2.05) is 53.1 Å². The molecular weight excluding hydrogens is 390 g/mol. The summed E-state index contributed by atoms with van der Waals surface area (Å²) >= 11 is 0. The average Bonchev–Trinajstić information content (AvgIpc) is 3.48. The molecule has 162 valence electrons. The lowest BCUT2D eigenvalue weighted by atomic mass is 10.2. The van der Waals surface area contributed by atoms with Gasteiger partial charge in [0.05, 0.1) is 12.8 Å². The molecule has 2 aromatic carbocycles. The summed E-state index contributed by atoms with van der Waals surface area (Å²) in [6.45, 7) is 5.16. The first-order valence-corrected chi connectivity index (χ1v) is 10.7. The smallest absolute Gasteiger partial charge is 0.191 e. The molecule has 8 nitrogen and oxygen atoms in total. The average molecular weight is 420 g/mol. The maximum Gasteiger partial charge on any atom is 0.191 e. The minimum absolute atomic E-state index is 0.301. The van der Waals surface area contributed by atoms with Gasteiger partial charge in [-0.1, -0.05) is 30.3 Å². The zero-order valence-electron chi connectivity index (χ0n) is 18.0. The molecule has 2 N–H and O–H groups in total. The maximum absolute atomic E-state index is 5.53. The van der Waals surface area contributed by atoms with E-state index >= 15 is 0 Å². The molecule has 1 saturated heterocycles. The molecule has 1 aromatic heterocycles. The molecule has 0 aliphatic carbocycles. The Morgan fingerprint density at radius 3 is 2.77 bits per heavy atom. The number of para-hydroxylation sites is 3. The summed E-state index contributed by atoms with van der Waals surface area (Å²) in [6.07, 6.45) is 2.76. The molecule has 0 spiro atoms. The summed E-state index contributed by atoms with van der Waals surface area (Å²) in [6, 6.07) is 18.5. The van der Waals surface area contributed by atoms with Crippen molar-refractivity contribution in [1.29, 1.82) is 0 Å². The van der Waals surface area contributed by atoms with Gasteiger partial charge in [0.2, 0.25) is 0 Å². The number of ether oxygens (including phenoxy) is 1. The Hall–Kier alpha value is -3.55. The molecule has 1 unspecified atom stereocenters. The number of benzene rings is 2. The third kappa shape index (κ3) is 4.96. The van der Waals surface area contributed by atoms with Gasteiger partial charge < -0.3 is 20.3 Å². The monoisotopic (exact) mass is 419 g/mol. The summed E-state index contributed by atoms with van der Waals surface area (Å²) in [5, 5.41) is 15.2. The normalized spacial score (nSPS) is 16.4. The van der Waals surface area contributed by atoms with Crippen LogP contribution in [0.2, 0.25) is 0 Å². The van der Waals surface area contributed by atoms with E-state index in [0.29, 0.717) is 12.6 Å². The van der Waals surface area contributed by atoms with Gasteiger partial charge in [-0.15, -0.1) is 10.2 Å². The van der Waals surface area contributed by atoms with E-state index in [0.717, 1.165) is 55.0 Å². The van der Waals surface area contributed by atoms with Gasteiger partial charge in [0.1, 0.15) is 18.6 Å². The van der Waals surface area contributed by atoms with E-state index in [-0.39, 0.29) is 0 Å². The number of anilines is 1. The highest BCUT2D eigenvalue weighted by molar-refractivity contribution is 5.80. The molecule has 1 atom stereocenters. The number of guanidine groups is 1. The lowest BCUT2D eigenvalue weighted by Gasteiger charge is -2.22. The van der Waals surface area contributed by atoms with Crippen molar-refractivity contribution < 1.29 is 4.74 Å². The van der Waals surface area contributed by atoms with Crippen LogP contribution in [0.25, 0.3) is 5.69 Å². The van der Waals surface area contributed by atoms with Crippen LogP contribution in [-0.4, -0.2) is 53.5 Å². The van der Waals surface area contributed by atoms with Crippen LogP contribution in [0.1, 0.15) is 19.2 Å². The number of nitrogens with one attached hydrogen (secondary N) is 2. The molecule has 0 bridgehead atoms. The Balaban J connectivity index is 1.42. The molecule has 8 heteroatoms. The van der Waals surface area contributed by atoms with E-state index in [4.69, 9.17) is 9.73 Å². The van der Waals surface area contributed by atoms with Gasteiger partial charge in [-0.2, -0.15) is 0 Å². The Morgan fingerprint density at radius 2 is 1.97 bits per heavy atom. The van der Waals surface area contributed by atoms with Crippen molar-refractivity contribution in [2.24, 2.45) is 4.99 Å². The molecule has 1 fully saturated rings.